The maximum Gasteiger partial charge on any atom is 0.414 e. The summed E-state index contributed by atoms with van der Waals surface area (Å²) in [6.07, 6.45) is -1.93. The van der Waals surface area contributed by atoms with Crippen LogP contribution in [0.3, 0.4) is 0 Å². The molecule has 2 aliphatic heterocycles. The normalized spacial score (nSPS) is 19.1. The lowest BCUT2D eigenvalue weighted by Crippen LogP contribution is -2.59. The molecule has 3 amide bonds. The number of cyclic esters (lactones) is 1. The molecule has 1 atom stereocenters. The number of hydroxylamine groups is 2. The van der Waals surface area contributed by atoms with Gasteiger partial charge in [-0.3, -0.25) is 14.9 Å². The number of rotatable bonds is 5. The Morgan fingerprint density at radius 2 is 2.11 bits per heavy atom. The van der Waals surface area contributed by atoms with Crippen molar-refractivity contribution in [3.63, 3.8) is 0 Å². The number of amides is 3. The molecule has 152 valence electrons. The van der Waals surface area contributed by atoms with E-state index in [1.54, 1.807) is 17.0 Å². The van der Waals surface area contributed by atoms with Crippen LogP contribution in [-0.4, -0.2) is 73.8 Å². The molecule has 0 saturated carbocycles. The third-order valence-electron chi connectivity index (χ3n) is 4.59. The first-order valence-electron chi connectivity index (χ1n) is 8.62. The van der Waals surface area contributed by atoms with Crippen molar-refractivity contribution in [2.45, 2.75) is 19.1 Å². The van der Waals surface area contributed by atoms with Gasteiger partial charge in [-0.15, -0.1) is 0 Å². The second kappa shape index (κ2) is 7.89. The lowest BCUT2D eigenvalue weighted by atomic mass is 10.1. The van der Waals surface area contributed by atoms with Crippen molar-refractivity contribution in [1.29, 1.82) is 0 Å². The van der Waals surface area contributed by atoms with Crippen molar-refractivity contribution in [1.82, 2.24) is 10.4 Å². The van der Waals surface area contributed by atoms with Gasteiger partial charge in [0.1, 0.15) is 11.9 Å². The minimum atomic E-state index is -0.718. The molecule has 28 heavy (non-hydrogen) atoms. The quantitative estimate of drug-likeness (QED) is 0.563. The van der Waals surface area contributed by atoms with Crippen molar-refractivity contribution >= 4 is 29.5 Å². The van der Waals surface area contributed by atoms with Gasteiger partial charge in [0.25, 0.3) is 0 Å². The molecule has 2 saturated heterocycles. The molecule has 10 nitrogen and oxygen atoms in total. The summed E-state index contributed by atoms with van der Waals surface area (Å²) in [6, 6.07) is 4.24. The van der Waals surface area contributed by atoms with Crippen LogP contribution in [0.25, 0.3) is 0 Å². The molecular formula is C17H21FN4O6. The minimum absolute atomic E-state index is 0.0802. The minimum Gasteiger partial charge on any atom is -0.453 e. The first-order valence-corrected chi connectivity index (χ1v) is 8.62. The Bertz CT molecular complexity index is 785. The molecule has 11 heteroatoms. The van der Waals surface area contributed by atoms with E-state index in [2.05, 4.69) is 10.1 Å². The average molecular weight is 396 g/mol. The number of ether oxygens (including phenoxy) is 2. The second-order valence-corrected chi connectivity index (χ2v) is 6.59. The molecule has 0 aliphatic carbocycles. The number of nitrogens with zero attached hydrogens (tertiary/aromatic N) is 3. The Balaban J connectivity index is 1.61. The van der Waals surface area contributed by atoms with Crippen LogP contribution < -0.4 is 15.1 Å². The fourth-order valence-electron chi connectivity index (χ4n) is 3.06. The van der Waals surface area contributed by atoms with Crippen LogP contribution in [-0.2, 0) is 14.3 Å². The van der Waals surface area contributed by atoms with E-state index >= 15 is 0 Å². The zero-order valence-corrected chi connectivity index (χ0v) is 15.4. The van der Waals surface area contributed by atoms with Crippen LogP contribution in [0.4, 0.5) is 25.4 Å². The van der Waals surface area contributed by atoms with E-state index in [1.165, 1.54) is 25.0 Å². The van der Waals surface area contributed by atoms with E-state index in [4.69, 9.17) is 4.74 Å². The molecule has 0 spiro atoms. The number of nitrogens with one attached hydrogen (secondary N) is 1. The maximum absolute atomic E-state index is 14.5. The molecule has 1 aromatic rings. The van der Waals surface area contributed by atoms with Crippen LogP contribution in [0.15, 0.2) is 18.2 Å². The van der Waals surface area contributed by atoms with Crippen molar-refractivity contribution in [3.05, 3.63) is 24.0 Å². The molecule has 0 radical (unpaired) electrons. The summed E-state index contributed by atoms with van der Waals surface area (Å²) in [5.41, 5.74) is 0.666. The largest absolute Gasteiger partial charge is 0.453 e. The lowest BCUT2D eigenvalue weighted by Gasteiger charge is -2.41. The van der Waals surface area contributed by atoms with E-state index in [0.717, 1.165) is 0 Å². The van der Waals surface area contributed by atoms with E-state index in [0.29, 0.717) is 29.5 Å². The highest BCUT2D eigenvalue weighted by Gasteiger charge is 2.35. The van der Waals surface area contributed by atoms with E-state index in [-0.39, 0.29) is 19.1 Å². The Morgan fingerprint density at radius 3 is 2.71 bits per heavy atom. The Labute approximate surface area is 160 Å². The summed E-state index contributed by atoms with van der Waals surface area (Å²) in [4.78, 5) is 37.3. The van der Waals surface area contributed by atoms with Gasteiger partial charge < -0.3 is 19.7 Å². The zero-order valence-electron chi connectivity index (χ0n) is 15.4. The van der Waals surface area contributed by atoms with Crippen molar-refractivity contribution < 1.29 is 33.5 Å². The Kier molecular flexibility index (Phi) is 5.54. The average Bonchev–Trinajstić information content (AvgIpc) is 2.98. The molecule has 2 N–H and O–H groups in total. The van der Waals surface area contributed by atoms with Crippen molar-refractivity contribution in [2.75, 3.05) is 43.1 Å². The van der Waals surface area contributed by atoms with Gasteiger partial charge in [-0.1, -0.05) is 0 Å². The van der Waals surface area contributed by atoms with Gasteiger partial charge >= 0.3 is 12.2 Å². The topological polar surface area (TPSA) is 112 Å². The highest BCUT2D eigenvalue weighted by Crippen LogP contribution is 2.30. The van der Waals surface area contributed by atoms with Gasteiger partial charge in [-0.2, -0.15) is 0 Å². The number of carbonyl (C=O) groups excluding carboxylic acids is 3. The highest BCUT2D eigenvalue weighted by molar-refractivity contribution is 5.90. The number of hydrogen-bond acceptors (Lipinski definition) is 7. The predicted molar refractivity (Wildman–Crippen MR) is 94.7 cm³/mol. The van der Waals surface area contributed by atoms with Gasteiger partial charge in [0.05, 0.1) is 37.6 Å². The van der Waals surface area contributed by atoms with Crippen LogP contribution in [0.5, 0.6) is 0 Å². The summed E-state index contributed by atoms with van der Waals surface area (Å²) in [7, 11) is 1.27. The van der Waals surface area contributed by atoms with E-state index < -0.39 is 30.0 Å². The van der Waals surface area contributed by atoms with E-state index in [1.807, 2.05) is 0 Å². The third-order valence-corrected chi connectivity index (χ3v) is 4.59. The van der Waals surface area contributed by atoms with Gasteiger partial charge in [0.15, 0.2) is 0 Å². The van der Waals surface area contributed by atoms with Crippen LogP contribution in [0.2, 0.25) is 0 Å². The number of anilines is 2. The van der Waals surface area contributed by atoms with Gasteiger partial charge in [0, 0.05) is 20.0 Å². The summed E-state index contributed by atoms with van der Waals surface area (Å²) < 4.78 is 24.2. The standard InChI is InChI=1S/C17H21FN4O6/c1-10(23)22(26)9-13-8-21(17(25)28-13)12-3-4-15(14(18)5-12)20-6-11(7-20)19-16(24)27-2/h3-5,11,13,26H,6-9H2,1-2H3,(H,19,24). The molecule has 0 aromatic heterocycles. The number of methoxy groups -OCH3 is 1. The molecule has 2 heterocycles. The summed E-state index contributed by atoms with van der Waals surface area (Å²) in [5.74, 6) is -1.09. The van der Waals surface area contributed by atoms with Crippen LogP contribution >= 0.6 is 0 Å². The smallest absolute Gasteiger partial charge is 0.414 e. The molecule has 0 bridgehead atoms. The SMILES string of the molecule is COC(=O)NC1CN(c2ccc(N3CC(CN(O)C(C)=O)OC3=O)cc2F)C1. The first-order chi connectivity index (χ1) is 13.3. The molecule has 2 aliphatic rings. The monoisotopic (exact) mass is 396 g/mol. The molecular weight excluding hydrogens is 375 g/mol. The fraction of sp³-hybridized carbons (Fsp3) is 0.471. The van der Waals surface area contributed by atoms with Crippen LogP contribution in [0, 0.1) is 5.82 Å². The first kappa shape index (κ1) is 19.7. The van der Waals surface area contributed by atoms with Gasteiger partial charge in [-0.25, -0.2) is 19.0 Å². The van der Waals surface area contributed by atoms with Crippen molar-refractivity contribution in [2.24, 2.45) is 0 Å². The zero-order chi connectivity index (χ0) is 20.4. The number of benzene rings is 1. The summed E-state index contributed by atoms with van der Waals surface area (Å²) >= 11 is 0. The Morgan fingerprint density at radius 1 is 1.39 bits per heavy atom. The highest BCUT2D eigenvalue weighted by atomic mass is 19.1. The Hall–Kier alpha value is -3.08. The molecule has 2 fully saturated rings. The van der Waals surface area contributed by atoms with Crippen LogP contribution in [0.1, 0.15) is 6.92 Å². The number of halogens is 1. The fourth-order valence-corrected chi connectivity index (χ4v) is 3.06. The third kappa shape index (κ3) is 4.09. The van der Waals surface area contributed by atoms with E-state index in [9.17, 15) is 24.0 Å². The predicted octanol–water partition coefficient (Wildman–Crippen LogP) is 0.933. The summed E-state index contributed by atoms with van der Waals surface area (Å²) in [5, 5.41) is 12.6. The number of alkyl carbamates (subject to hydrolysis) is 1. The molecule has 1 unspecified atom stereocenters. The molecule has 3 rings (SSSR count). The number of carbonyl (C=O) groups is 3. The lowest BCUT2D eigenvalue weighted by molar-refractivity contribution is -0.166. The van der Waals surface area contributed by atoms with Crippen molar-refractivity contribution in [3.8, 4) is 0 Å². The summed E-state index contributed by atoms with van der Waals surface area (Å²) in [6.45, 7) is 1.98. The second-order valence-electron chi connectivity index (χ2n) is 6.59. The van der Waals surface area contributed by atoms with Gasteiger partial charge in [0.2, 0.25) is 5.91 Å². The van der Waals surface area contributed by atoms with Gasteiger partial charge in [-0.05, 0) is 18.2 Å². The maximum atomic E-state index is 14.5. The molecule has 1 aromatic carbocycles. The number of hydrogen-bond donors (Lipinski definition) is 2.